The van der Waals surface area contributed by atoms with Crippen molar-refractivity contribution in [1.29, 1.82) is 0 Å². The number of ether oxygens (including phenoxy) is 1. The van der Waals surface area contributed by atoms with Crippen molar-refractivity contribution >= 4 is 10.8 Å². The number of rotatable bonds is 5. The number of benzene rings is 2. The predicted octanol–water partition coefficient (Wildman–Crippen LogP) is 6.51. The van der Waals surface area contributed by atoms with Gasteiger partial charge in [-0.15, -0.1) is 6.58 Å². The summed E-state index contributed by atoms with van der Waals surface area (Å²) in [6.07, 6.45) is 7.71. The smallest absolute Gasteiger partial charge is 0.175 e. The van der Waals surface area contributed by atoms with Crippen molar-refractivity contribution < 1.29 is 17.9 Å². The number of hydrogen-bond acceptors (Lipinski definition) is 1. The summed E-state index contributed by atoms with van der Waals surface area (Å²) in [5, 5.41) is 0.0428. The van der Waals surface area contributed by atoms with Gasteiger partial charge in [-0.1, -0.05) is 12.1 Å². The van der Waals surface area contributed by atoms with Crippen LogP contribution in [0.25, 0.3) is 10.8 Å². The van der Waals surface area contributed by atoms with Gasteiger partial charge in [0, 0.05) is 0 Å². The molecule has 1 aliphatic carbocycles. The number of fused-ring (bicyclic) bond motifs is 1. The topological polar surface area (TPSA) is 9.23 Å². The Hall–Kier alpha value is -1.97. The van der Waals surface area contributed by atoms with Crippen LogP contribution in [0.5, 0.6) is 5.75 Å². The minimum atomic E-state index is -1.11. The van der Waals surface area contributed by atoms with Crippen LogP contribution >= 0.6 is 0 Å². The average molecular weight is 348 g/mol. The Morgan fingerprint density at radius 3 is 2.44 bits per heavy atom. The highest BCUT2D eigenvalue weighted by Gasteiger charge is 2.27. The molecule has 0 N–H and O–H groups in total. The Kier molecular flexibility index (Phi) is 5.36. The van der Waals surface area contributed by atoms with Crippen molar-refractivity contribution in [2.24, 2.45) is 5.92 Å². The molecular weight excluding hydrogens is 325 g/mol. The highest BCUT2D eigenvalue weighted by molar-refractivity contribution is 5.86. The van der Waals surface area contributed by atoms with E-state index >= 15 is 0 Å². The van der Waals surface area contributed by atoms with E-state index in [-0.39, 0.29) is 17.1 Å². The molecule has 1 saturated carbocycles. The number of hydrogen-bond donors (Lipinski definition) is 0. The van der Waals surface area contributed by atoms with Crippen LogP contribution in [-0.4, -0.2) is 7.11 Å². The summed E-state index contributed by atoms with van der Waals surface area (Å²) in [5.74, 6) is -2.35. The Labute approximate surface area is 146 Å². The molecular formula is C21H23F3O. The summed E-state index contributed by atoms with van der Waals surface area (Å²) in [4.78, 5) is 0. The van der Waals surface area contributed by atoms with E-state index in [0.717, 1.165) is 38.5 Å². The molecule has 0 unspecified atom stereocenters. The van der Waals surface area contributed by atoms with E-state index in [1.807, 2.05) is 6.08 Å². The molecule has 1 nitrogen and oxygen atoms in total. The molecule has 0 aliphatic heterocycles. The van der Waals surface area contributed by atoms with Crippen molar-refractivity contribution in [3.05, 3.63) is 53.9 Å². The van der Waals surface area contributed by atoms with Gasteiger partial charge in [0.05, 0.1) is 12.5 Å². The van der Waals surface area contributed by atoms with Gasteiger partial charge in [-0.25, -0.2) is 13.2 Å². The largest absolute Gasteiger partial charge is 0.494 e. The third-order valence-corrected chi connectivity index (χ3v) is 5.40. The molecule has 2 aromatic carbocycles. The molecule has 134 valence electrons. The van der Waals surface area contributed by atoms with Crippen LogP contribution in [0.1, 0.15) is 50.0 Å². The fourth-order valence-corrected chi connectivity index (χ4v) is 3.95. The first-order chi connectivity index (χ1) is 12.1. The summed E-state index contributed by atoms with van der Waals surface area (Å²) >= 11 is 0. The molecule has 0 heterocycles. The Morgan fingerprint density at radius 2 is 1.80 bits per heavy atom. The molecule has 0 amide bonds. The lowest BCUT2D eigenvalue weighted by molar-refractivity contribution is 0.306. The fraction of sp³-hybridized carbons (Fsp3) is 0.429. The normalized spacial score (nSPS) is 20.6. The van der Waals surface area contributed by atoms with Crippen molar-refractivity contribution in [3.63, 3.8) is 0 Å². The minimum absolute atomic E-state index is 0.0101. The zero-order valence-electron chi connectivity index (χ0n) is 14.5. The summed E-state index contributed by atoms with van der Waals surface area (Å²) in [6.45, 7) is 3.75. The van der Waals surface area contributed by atoms with E-state index in [0.29, 0.717) is 16.9 Å². The fourth-order valence-electron chi connectivity index (χ4n) is 3.95. The van der Waals surface area contributed by atoms with Gasteiger partial charge in [0.2, 0.25) is 0 Å². The molecule has 4 heteroatoms. The molecule has 0 spiro atoms. The van der Waals surface area contributed by atoms with E-state index in [1.54, 1.807) is 12.1 Å². The second kappa shape index (κ2) is 7.51. The molecule has 3 rings (SSSR count). The molecule has 1 fully saturated rings. The van der Waals surface area contributed by atoms with E-state index in [9.17, 15) is 13.2 Å². The number of methoxy groups -OCH3 is 1. The zero-order valence-corrected chi connectivity index (χ0v) is 14.5. The van der Waals surface area contributed by atoms with Gasteiger partial charge in [-0.2, -0.15) is 0 Å². The molecule has 2 aromatic rings. The van der Waals surface area contributed by atoms with Crippen molar-refractivity contribution in [2.75, 3.05) is 7.11 Å². The monoisotopic (exact) mass is 348 g/mol. The molecule has 1 aliphatic rings. The first kappa shape index (κ1) is 17.8. The summed E-state index contributed by atoms with van der Waals surface area (Å²) in [6, 6.07) is 4.63. The number of halogens is 3. The maximum Gasteiger partial charge on any atom is 0.175 e. The van der Waals surface area contributed by atoms with Crippen LogP contribution in [0.3, 0.4) is 0 Å². The van der Waals surface area contributed by atoms with Gasteiger partial charge in [0.1, 0.15) is 0 Å². The summed E-state index contributed by atoms with van der Waals surface area (Å²) < 4.78 is 48.4. The average Bonchev–Trinajstić information content (AvgIpc) is 2.63. The first-order valence-corrected chi connectivity index (χ1v) is 8.81. The molecule has 0 radical (unpaired) electrons. The second-order valence-electron chi connectivity index (χ2n) is 6.86. The third-order valence-electron chi connectivity index (χ3n) is 5.40. The van der Waals surface area contributed by atoms with Gasteiger partial charge < -0.3 is 4.74 Å². The lowest BCUT2D eigenvalue weighted by Gasteiger charge is -2.29. The Morgan fingerprint density at radius 1 is 1.08 bits per heavy atom. The molecule has 25 heavy (non-hydrogen) atoms. The maximum atomic E-state index is 14.6. The number of allylic oxidation sites excluding steroid dienone is 1. The van der Waals surface area contributed by atoms with Gasteiger partial charge in [0.25, 0.3) is 0 Å². The van der Waals surface area contributed by atoms with E-state index < -0.39 is 17.5 Å². The van der Waals surface area contributed by atoms with E-state index in [1.165, 1.54) is 13.2 Å². The standard InChI is InChI=1S/C21H23F3O/c1-3-4-5-13-6-8-14(9-7-13)16-12-15-10-11-17(25-2)20(23)18(15)21(24)19(16)22/h3,10-14H,1,4-9H2,2H3. The van der Waals surface area contributed by atoms with Crippen molar-refractivity contribution in [3.8, 4) is 5.75 Å². The van der Waals surface area contributed by atoms with Crippen LogP contribution in [0, 0.1) is 23.4 Å². The Balaban J connectivity index is 1.91. The quantitative estimate of drug-likeness (QED) is 0.560. The molecule has 0 bridgehead atoms. The van der Waals surface area contributed by atoms with Crippen molar-refractivity contribution in [2.45, 2.75) is 44.4 Å². The van der Waals surface area contributed by atoms with E-state index in [2.05, 4.69) is 6.58 Å². The summed E-state index contributed by atoms with van der Waals surface area (Å²) in [5.41, 5.74) is 0.372. The lowest BCUT2D eigenvalue weighted by atomic mass is 9.76. The van der Waals surface area contributed by atoms with Gasteiger partial charge in [-0.05, 0) is 73.4 Å². The molecule has 0 saturated heterocycles. The highest BCUT2D eigenvalue weighted by atomic mass is 19.2. The Bertz CT molecular complexity index is 777. The van der Waals surface area contributed by atoms with Crippen LogP contribution in [-0.2, 0) is 0 Å². The minimum Gasteiger partial charge on any atom is -0.494 e. The molecule has 0 aromatic heterocycles. The highest BCUT2D eigenvalue weighted by Crippen LogP contribution is 2.41. The third kappa shape index (κ3) is 3.39. The van der Waals surface area contributed by atoms with Crippen LogP contribution in [0.2, 0.25) is 0 Å². The zero-order chi connectivity index (χ0) is 18.0. The summed E-state index contributed by atoms with van der Waals surface area (Å²) in [7, 11) is 1.30. The maximum absolute atomic E-state index is 14.6. The second-order valence-corrected chi connectivity index (χ2v) is 6.86. The first-order valence-electron chi connectivity index (χ1n) is 8.81. The SMILES string of the molecule is C=CCCC1CCC(c2cc3ccc(OC)c(F)c3c(F)c2F)CC1. The van der Waals surface area contributed by atoms with Crippen LogP contribution in [0.4, 0.5) is 13.2 Å². The van der Waals surface area contributed by atoms with Gasteiger partial charge >= 0.3 is 0 Å². The van der Waals surface area contributed by atoms with E-state index in [4.69, 9.17) is 4.74 Å². The predicted molar refractivity (Wildman–Crippen MR) is 94.5 cm³/mol. The van der Waals surface area contributed by atoms with Crippen molar-refractivity contribution in [1.82, 2.24) is 0 Å². The van der Waals surface area contributed by atoms with Gasteiger partial charge in [-0.3, -0.25) is 0 Å². The van der Waals surface area contributed by atoms with Crippen LogP contribution in [0.15, 0.2) is 30.9 Å². The van der Waals surface area contributed by atoms with Crippen LogP contribution < -0.4 is 4.74 Å². The van der Waals surface area contributed by atoms with Gasteiger partial charge in [0.15, 0.2) is 23.2 Å². The molecule has 0 atom stereocenters. The lowest BCUT2D eigenvalue weighted by Crippen LogP contribution is -2.15.